The molecule has 0 aliphatic heterocycles. The van der Waals surface area contributed by atoms with E-state index in [1.165, 1.54) is 22.7 Å². The largest absolute Gasteiger partial charge is 0.368 e. The maximum atomic E-state index is 12.3. The summed E-state index contributed by atoms with van der Waals surface area (Å²) < 4.78 is 26.2. The van der Waals surface area contributed by atoms with Crippen molar-refractivity contribution in [3.05, 3.63) is 41.4 Å². The summed E-state index contributed by atoms with van der Waals surface area (Å²) >= 11 is 1.18. The maximum absolute atomic E-state index is 12.3. The Labute approximate surface area is 139 Å². The second-order valence-electron chi connectivity index (χ2n) is 4.66. The van der Waals surface area contributed by atoms with Crippen LogP contribution in [0.3, 0.4) is 0 Å². The summed E-state index contributed by atoms with van der Waals surface area (Å²) in [6.07, 6.45) is 1.57. The Kier molecular flexibility index (Phi) is 5.69. The van der Waals surface area contributed by atoms with Gasteiger partial charge in [-0.3, -0.25) is 4.79 Å². The molecule has 23 heavy (non-hydrogen) atoms. The molecule has 0 saturated heterocycles. The number of likely N-dealkylation sites (N-methyl/N-ethyl adjacent to an activating group) is 1. The molecule has 0 unspecified atom stereocenters. The highest BCUT2D eigenvalue weighted by atomic mass is 32.2. The predicted octanol–water partition coefficient (Wildman–Crippen LogP) is 1.24. The molecule has 2 N–H and O–H groups in total. The van der Waals surface area contributed by atoms with Gasteiger partial charge in [-0.05, 0) is 23.6 Å². The van der Waals surface area contributed by atoms with E-state index in [0.717, 1.165) is 0 Å². The Bertz CT molecular complexity index is 760. The van der Waals surface area contributed by atoms with Crippen molar-refractivity contribution >= 4 is 33.1 Å². The second-order valence-corrected chi connectivity index (χ2v) is 7.88. The van der Waals surface area contributed by atoms with Gasteiger partial charge in [0.2, 0.25) is 0 Å². The van der Waals surface area contributed by atoms with Crippen LogP contribution in [0, 0.1) is 0 Å². The van der Waals surface area contributed by atoms with Crippen LogP contribution >= 0.6 is 11.3 Å². The highest BCUT2D eigenvalue weighted by Crippen LogP contribution is 2.19. The minimum Gasteiger partial charge on any atom is -0.368 e. The Morgan fingerprint density at radius 2 is 2.13 bits per heavy atom. The SMILES string of the molecule is CNC(=O)c1cccnc1NCCN(C)S(=O)(=O)c1cccs1. The first-order valence-electron chi connectivity index (χ1n) is 6.87. The highest BCUT2D eigenvalue weighted by Gasteiger charge is 2.21. The van der Waals surface area contributed by atoms with Crippen LogP contribution in [-0.4, -0.2) is 50.8 Å². The van der Waals surface area contributed by atoms with Gasteiger partial charge in [0.25, 0.3) is 15.9 Å². The molecule has 0 atom stereocenters. The average molecular weight is 354 g/mol. The van der Waals surface area contributed by atoms with Crippen molar-refractivity contribution in [1.29, 1.82) is 0 Å². The first kappa shape index (κ1) is 17.4. The van der Waals surface area contributed by atoms with E-state index in [9.17, 15) is 13.2 Å². The zero-order valence-corrected chi connectivity index (χ0v) is 14.4. The van der Waals surface area contributed by atoms with E-state index in [1.807, 2.05) is 0 Å². The molecule has 2 heterocycles. The summed E-state index contributed by atoms with van der Waals surface area (Å²) in [7, 11) is -0.404. The van der Waals surface area contributed by atoms with Crippen LogP contribution in [0.5, 0.6) is 0 Å². The lowest BCUT2D eigenvalue weighted by Crippen LogP contribution is -2.31. The fraction of sp³-hybridized carbons (Fsp3) is 0.286. The third-order valence-electron chi connectivity index (χ3n) is 3.16. The Hall–Kier alpha value is -1.97. The van der Waals surface area contributed by atoms with E-state index < -0.39 is 10.0 Å². The number of amides is 1. The smallest absolute Gasteiger partial charge is 0.254 e. The molecule has 2 aromatic rings. The number of carbonyl (C=O) groups excluding carboxylic acids is 1. The van der Waals surface area contributed by atoms with E-state index in [2.05, 4.69) is 15.6 Å². The molecule has 0 bridgehead atoms. The fourth-order valence-corrected chi connectivity index (χ4v) is 4.25. The van der Waals surface area contributed by atoms with Crippen LogP contribution < -0.4 is 10.6 Å². The normalized spacial score (nSPS) is 11.4. The molecule has 7 nitrogen and oxygen atoms in total. The highest BCUT2D eigenvalue weighted by molar-refractivity contribution is 7.91. The van der Waals surface area contributed by atoms with E-state index in [1.54, 1.807) is 42.9 Å². The molecule has 124 valence electrons. The molecule has 0 radical (unpaired) electrons. The van der Waals surface area contributed by atoms with Gasteiger partial charge in [0.05, 0.1) is 5.56 Å². The summed E-state index contributed by atoms with van der Waals surface area (Å²) in [5.41, 5.74) is 0.416. The number of aromatic nitrogens is 1. The number of anilines is 1. The van der Waals surface area contributed by atoms with Crippen LogP contribution in [0.4, 0.5) is 5.82 Å². The van der Waals surface area contributed by atoms with Crippen LogP contribution in [0.1, 0.15) is 10.4 Å². The molecule has 9 heteroatoms. The first-order chi connectivity index (χ1) is 11.0. The van der Waals surface area contributed by atoms with Crippen molar-refractivity contribution in [1.82, 2.24) is 14.6 Å². The Morgan fingerprint density at radius 1 is 1.35 bits per heavy atom. The van der Waals surface area contributed by atoms with Gasteiger partial charge >= 0.3 is 0 Å². The van der Waals surface area contributed by atoms with Crippen molar-refractivity contribution in [3.63, 3.8) is 0 Å². The van der Waals surface area contributed by atoms with E-state index in [-0.39, 0.29) is 12.5 Å². The van der Waals surface area contributed by atoms with E-state index >= 15 is 0 Å². The number of hydrogen-bond donors (Lipinski definition) is 2. The molecule has 1 amide bonds. The number of nitrogens with one attached hydrogen (secondary N) is 2. The summed E-state index contributed by atoms with van der Waals surface area (Å²) in [5.74, 6) is 0.175. The molecule has 0 aliphatic rings. The van der Waals surface area contributed by atoms with Crippen LogP contribution in [0.2, 0.25) is 0 Å². The van der Waals surface area contributed by atoms with Gasteiger partial charge in [-0.25, -0.2) is 13.4 Å². The van der Waals surface area contributed by atoms with E-state index in [0.29, 0.717) is 22.1 Å². The molecular formula is C14H18N4O3S2. The first-order valence-corrected chi connectivity index (χ1v) is 9.19. The monoisotopic (exact) mass is 354 g/mol. The van der Waals surface area contributed by atoms with Crippen molar-refractivity contribution in [2.75, 3.05) is 32.5 Å². The minimum atomic E-state index is -3.47. The van der Waals surface area contributed by atoms with Crippen molar-refractivity contribution < 1.29 is 13.2 Å². The quantitative estimate of drug-likeness (QED) is 0.780. The van der Waals surface area contributed by atoms with E-state index in [4.69, 9.17) is 0 Å². The topological polar surface area (TPSA) is 91.4 Å². The van der Waals surface area contributed by atoms with Gasteiger partial charge < -0.3 is 10.6 Å². The number of hydrogen-bond acceptors (Lipinski definition) is 6. The third kappa shape index (κ3) is 4.06. The summed E-state index contributed by atoms with van der Waals surface area (Å²) in [6, 6.07) is 6.60. The van der Waals surface area contributed by atoms with Gasteiger partial charge in [0.15, 0.2) is 0 Å². The van der Waals surface area contributed by atoms with Crippen LogP contribution in [0.15, 0.2) is 40.1 Å². The van der Waals surface area contributed by atoms with Crippen molar-refractivity contribution in [2.45, 2.75) is 4.21 Å². The Balaban J connectivity index is 1.99. The fourth-order valence-electron chi connectivity index (χ4n) is 1.88. The summed E-state index contributed by atoms with van der Waals surface area (Å²) in [5, 5.41) is 7.27. The maximum Gasteiger partial charge on any atom is 0.254 e. The van der Waals surface area contributed by atoms with Gasteiger partial charge in [-0.2, -0.15) is 4.31 Å². The number of carbonyl (C=O) groups is 1. The van der Waals surface area contributed by atoms with Crippen molar-refractivity contribution in [2.24, 2.45) is 0 Å². The van der Waals surface area contributed by atoms with Crippen LogP contribution in [0.25, 0.3) is 0 Å². The second kappa shape index (κ2) is 7.53. The molecule has 0 fully saturated rings. The van der Waals surface area contributed by atoms with Gasteiger partial charge in [0, 0.05) is 33.4 Å². The van der Waals surface area contributed by atoms with Crippen molar-refractivity contribution in [3.8, 4) is 0 Å². The molecule has 0 aromatic carbocycles. The number of pyridine rings is 1. The van der Waals surface area contributed by atoms with Gasteiger partial charge in [-0.1, -0.05) is 6.07 Å². The standard InChI is InChI=1S/C14H18N4O3S2/c1-15-14(19)11-5-3-7-16-13(11)17-8-9-18(2)23(20,21)12-6-4-10-22-12/h3-7,10H,8-9H2,1-2H3,(H,15,19)(H,16,17). The molecule has 0 saturated carbocycles. The minimum absolute atomic E-state index is 0.250. The van der Waals surface area contributed by atoms with Gasteiger partial charge in [-0.15, -0.1) is 11.3 Å². The Morgan fingerprint density at radius 3 is 2.78 bits per heavy atom. The number of nitrogens with zero attached hydrogens (tertiary/aromatic N) is 2. The molecular weight excluding hydrogens is 336 g/mol. The van der Waals surface area contributed by atoms with Gasteiger partial charge in [0.1, 0.15) is 10.0 Å². The lowest BCUT2D eigenvalue weighted by atomic mass is 10.2. The average Bonchev–Trinajstić information content (AvgIpc) is 3.09. The lowest BCUT2D eigenvalue weighted by Gasteiger charge is -2.17. The van der Waals surface area contributed by atoms with Crippen LogP contribution in [-0.2, 0) is 10.0 Å². The third-order valence-corrected chi connectivity index (χ3v) is 6.39. The lowest BCUT2D eigenvalue weighted by molar-refractivity contribution is 0.0963. The number of sulfonamides is 1. The number of thiophene rings is 1. The predicted molar refractivity (Wildman–Crippen MR) is 90.3 cm³/mol. The molecule has 0 aliphatic carbocycles. The summed E-state index contributed by atoms with van der Waals surface area (Å²) in [6.45, 7) is 0.589. The zero-order valence-electron chi connectivity index (χ0n) is 12.8. The molecule has 2 aromatic heterocycles. The number of rotatable bonds is 7. The summed E-state index contributed by atoms with van der Waals surface area (Å²) in [4.78, 5) is 15.9. The zero-order chi connectivity index (χ0) is 16.9. The molecule has 0 spiro atoms. The molecule has 2 rings (SSSR count).